The quantitative estimate of drug-likeness (QED) is 0.624. The zero-order valence-electron chi connectivity index (χ0n) is 11.3. The fourth-order valence-corrected chi connectivity index (χ4v) is 5.08. The summed E-state index contributed by atoms with van der Waals surface area (Å²) in [6, 6.07) is 0. The molecule has 1 unspecified atom stereocenters. The molecule has 0 fully saturated rings. The predicted octanol–water partition coefficient (Wildman–Crippen LogP) is 3.17. The van der Waals surface area contributed by atoms with Gasteiger partial charge in [-0.1, -0.05) is 31.2 Å². The van der Waals surface area contributed by atoms with E-state index in [0.29, 0.717) is 25.7 Å². The minimum atomic E-state index is -2.57. The predicted molar refractivity (Wildman–Crippen MR) is 71.8 cm³/mol. The van der Waals surface area contributed by atoms with Crippen LogP contribution < -0.4 is 0 Å². The minimum absolute atomic E-state index is 0.261. The molecule has 1 aliphatic carbocycles. The third-order valence-corrected chi connectivity index (χ3v) is 6.52. The van der Waals surface area contributed by atoms with Crippen molar-refractivity contribution in [3.8, 4) is 0 Å². The van der Waals surface area contributed by atoms with Crippen LogP contribution in [0.4, 0.5) is 0 Å². The Kier molecular flexibility index (Phi) is 6.12. The zero-order valence-corrected chi connectivity index (χ0v) is 12.3. The van der Waals surface area contributed by atoms with Gasteiger partial charge in [-0.15, -0.1) is 0 Å². The maximum atomic E-state index is 5.91. The Balaban J connectivity index is 2.84. The van der Waals surface area contributed by atoms with E-state index in [-0.39, 0.29) is 5.54 Å². The molecule has 0 N–H and O–H groups in total. The highest BCUT2D eigenvalue weighted by Crippen LogP contribution is 2.35. The maximum absolute atomic E-state index is 5.91. The van der Waals surface area contributed by atoms with Gasteiger partial charge in [0.15, 0.2) is 0 Å². The fraction of sp³-hybridized carbons (Fsp3) is 0.692. The van der Waals surface area contributed by atoms with Gasteiger partial charge < -0.3 is 13.3 Å². The molecule has 0 radical (unpaired) electrons. The molecule has 1 atom stereocenters. The summed E-state index contributed by atoms with van der Waals surface area (Å²) in [5.74, 6) is 0.367. The molecule has 0 saturated carbocycles. The van der Waals surface area contributed by atoms with Crippen LogP contribution in [0.25, 0.3) is 0 Å². The topological polar surface area (TPSA) is 27.7 Å². The number of allylic oxidation sites excluding steroid dienone is 4. The van der Waals surface area contributed by atoms with Gasteiger partial charge >= 0.3 is 8.80 Å². The summed E-state index contributed by atoms with van der Waals surface area (Å²) in [5.41, 5.74) is 0.261. The molecular formula is C13H24O3Si. The summed E-state index contributed by atoms with van der Waals surface area (Å²) in [5, 5.41) is 0. The molecule has 0 aromatic rings. The van der Waals surface area contributed by atoms with Crippen LogP contribution in [0.15, 0.2) is 24.3 Å². The molecule has 1 rings (SSSR count). The maximum Gasteiger partial charge on any atom is 0.504 e. The normalized spacial score (nSPS) is 17.9. The van der Waals surface area contributed by atoms with Gasteiger partial charge in [-0.05, 0) is 20.8 Å². The first-order valence-corrected chi connectivity index (χ1v) is 8.27. The van der Waals surface area contributed by atoms with Crippen molar-refractivity contribution in [2.75, 3.05) is 19.8 Å². The van der Waals surface area contributed by atoms with Gasteiger partial charge in [0.05, 0.1) is 0 Å². The van der Waals surface area contributed by atoms with Crippen LogP contribution in [0.2, 0.25) is 5.54 Å². The van der Waals surface area contributed by atoms with Crippen LogP contribution in [0.1, 0.15) is 27.7 Å². The van der Waals surface area contributed by atoms with Crippen LogP contribution in [-0.4, -0.2) is 28.6 Å². The van der Waals surface area contributed by atoms with E-state index in [2.05, 4.69) is 31.2 Å². The van der Waals surface area contributed by atoms with Gasteiger partial charge in [-0.2, -0.15) is 0 Å². The van der Waals surface area contributed by atoms with Gasteiger partial charge in [0.1, 0.15) is 0 Å². The first-order chi connectivity index (χ1) is 8.20. The molecule has 3 nitrogen and oxygen atoms in total. The summed E-state index contributed by atoms with van der Waals surface area (Å²) < 4.78 is 17.7. The third-order valence-electron chi connectivity index (χ3n) is 2.95. The summed E-state index contributed by atoms with van der Waals surface area (Å²) in [6.45, 7) is 10.1. The smallest absolute Gasteiger partial charge is 0.374 e. The highest BCUT2D eigenvalue weighted by Gasteiger charge is 2.49. The highest BCUT2D eigenvalue weighted by molar-refractivity contribution is 6.62. The standard InChI is InChI=1S/C13H24O3Si/c1-5-14-17(15-6-2,16-7-3)12(4)13-10-8-9-11-13/h8-13H,5-7H2,1-4H3. The summed E-state index contributed by atoms with van der Waals surface area (Å²) in [6.07, 6.45) is 8.52. The third kappa shape index (κ3) is 3.52. The largest absolute Gasteiger partial charge is 0.504 e. The summed E-state index contributed by atoms with van der Waals surface area (Å²) >= 11 is 0. The summed E-state index contributed by atoms with van der Waals surface area (Å²) in [7, 11) is -2.57. The molecule has 0 bridgehead atoms. The lowest BCUT2D eigenvalue weighted by Gasteiger charge is -2.35. The van der Waals surface area contributed by atoms with Crippen LogP contribution in [-0.2, 0) is 13.3 Å². The van der Waals surface area contributed by atoms with Gasteiger partial charge in [-0.25, -0.2) is 0 Å². The average molecular weight is 256 g/mol. The molecule has 17 heavy (non-hydrogen) atoms. The van der Waals surface area contributed by atoms with Crippen LogP contribution in [0.5, 0.6) is 0 Å². The Morgan fingerprint density at radius 3 is 1.71 bits per heavy atom. The highest BCUT2D eigenvalue weighted by atomic mass is 28.4. The first-order valence-electron chi connectivity index (χ1n) is 6.47. The Labute approximate surface area is 106 Å². The Morgan fingerprint density at radius 1 is 0.941 bits per heavy atom. The number of hydrogen-bond donors (Lipinski definition) is 0. The van der Waals surface area contributed by atoms with E-state index >= 15 is 0 Å². The molecule has 0 aromatic heterocycles. The van der Waals surface area contributed by atoms with Crippen LogP contribution in [0.3, 0.4) is 0 Å². The molecule has 98 valence electrons. The Bertz CT molecular complexity index is 247. The van der Waals surface area contributed by atoms with E-state index < -0.39 is 8.80 Å². The van der Waals surface area contributed by atoms with Crippen molar-refractivity contribution in [1.82, 2.24) is 0 Å². The molecule has 1 aliphatic rings. The molecule has 0 amide bonds. The van der Waals surface area contributed by atoms with Gasteiger partial charge in [0.25, 0.3) is 0 Å². The second-order valence-electron chi connectivity index (χ2n) is 4.04. The number of hydrogen-bond acceptors (Lipinski definition) is 3. The average Bonchev–Trinajstić information content (AvgIpc) is 2.82. The second-order valence-corrected chi connectivity index (χ2v) is 7.02. The monoisotopic (exact) mass is 256 g/mol. The van der Waals surface area contributed by atoms with Crippen molar-refractivity contribution in [3.63, 3.8) is 0 Å². The molecule has 4 heteroatoms. The van der Waals surface area contributed by atoms with Crippen LogP contribution >= 0.6 is 0 Å². The molecule has 0 spiro atoms. The van der Waals surface area contributed by atoms with Crippen molar-refractivity contribution in [3.05, 3.63) is 24.3 Å². The van der Waals surface area contributed by atoms with Crippen molar-refractivity contribution in [2.24, 2.45) is 5.92 Å². The van der Waals surface area contributed by atoms with Crippen LogP contribution in [0, 0.1) is 5.92 Å². The zero-order chi connectivity index (χ0) is 12.7. The van der Waals surface area contributed by atoms with E-state index in [0.717, 1.165) is 0 Å². The minimum Gasteiger partial charge on any atom is -0.374 e. The molecular weight excluding hydrogens is 232 g/mol. The van der Waals surface area contributed by atoms with E-state index in [1.54, 1.807) is 0 Å². The van der Waals surface area contributed by atoms with Crippen molar-refractivity contribution >= 4 is 8.80 Å². The van der Waals surface area contributed by atoms with E-state index in [1.807, 2.05) is 20.8 Å². The Morgan fingerprint density at radius 2 is 1.35 bits per heavy atom. The van der Waals surface area contributed by atoms with Crippen molar-refractivity contribution in [2.45, 2.75) is 33.2 Å². The van der Waals surface area contributed by atoms with Gasteiger partial charge in [0.2, 0.25) is 0 Å². The Hall–Kier alpha value is -0.423. The van der Waals surface area contributed by atoms with E-state index in [4.69, 9.17) is 13.3 Å². The second kappa shape index (κ2) is 7.11. The molecule has 0 saturated heterocycles. The number of rotatable bonds is 8. The first kappa shape index (κ1) is 14.6. The lowest BCUT2D eigenvalue weighted by atomic mass is 10.1. The van der Waals surface area contributed by atoms with Crippen molar-refractivity contribution < 1.29 is 13.3 Å². The van der Waals surface area contributed by atoms with E-state index in [1.165, 1.54) is 0 Å². The lowest BCUT2D eigenvalue weighted by Crippen LogP contribution is -2.51. The lowest BCUT2D eigenvalue weighted by molar-refractivity contribution is 0.0600. The molecule has 0 heterocycles. The van der Waals surface area contributed by atoms with Crippen molar-refractivity contribution in [1.29, 1.82) is 0 Å². The van der Waals surface area contributed by atoms with Gasteiger partial charge in [-0.3, -0.25) is 0 Å². The summed E-state index contributed by atoms with van der Waals surface area (Å²) in [4.78, 5) is 0. The van der Waals surface area contributed by atoms with Gasteiger partial charge in [0, 0.05) is 31.3 Å². The SMILES string of the molecule is CCO[Si](OCC)(OCC)C(C)C1C=CC=C1. The van der Waals surface area contributed by atoms with E-state index in [9.17, 15) is 0 Å². The fourth-order valence-electron chi connectivity index (χ4n) is 2.14. The molecule has 0 aromatic carbocycles. The molecule has 0 aliphatic heterocycles.